The third kappa shape index (κ3) is 5.69. The second kappa shape index (κ2) is 9.13. The van der Waals surface area contributed by atoms with Gasteiger partial charge in [0.05, 0.1) is 10.7 Å². The van der Waals surface area contributed by atoms with E-state index in [1.807, 2.05) is 31.2 Å². The summed E-state index contributed by atoms with van der Waals surface area (Å²) in [5.41, 5.74) is 9.41. The van der Waals surface area contributed by atoms with Gasteiger partial charge in [-0.1, -0.05) is 54.1 Å². The number of hydrogen-bond donors (Lipinski definition) is 3. The van der Waals surface area contributed by atoms with Crippen molar-refractivity contribution in [2.75, 3.05) is 10.6 Å². The maximum absolute atomic E-state index is 12.1. The van der Waals surface area contributed by atoms with Crippen LogP contribution in [-0.2, 0) is 0 Å². The Morgan fingerprint density at radius 2 is 1.81 bits per heavy atom. The highest BCUT2D eigenvalue weighted by molar-refractivity contribution is 6.35. The number of anilines is 2. The average Bonchev–Trinajstić information content (AvgIpc) is 2.58. The normalized spacial score (nSPS) is 11.8. The molecule has 0 heterocycles. The molecule has 0 spiro atoms. The Morgan fingerprint density at radius 3 is 2.42 bits per heavy atom. The zero-order valence-corrected chi connectivity index (χ0v) is 15.7. The second-order valence-electron chi connectivity index (χ2n) is 5.53. The smallest absolute Gasteiger partial charge is 0.323 e. The molecular formula is C20H19Cl2N3O. The molecule has 0 saturated carbocycles. The summed E-state index contributed by atoms with van der Waals surface area (Å²) < 4.78 is 0. The third-order valence-electron chi connectivity index (χ3n) is 3.33. The van der Waals surface area contributed by atoms with Crippen molar-refractivity contribution < 1.29 is 4.79 Å². The van der Waals surface area contributed by atoms with Gasteiger partial charge in [-0.15, -0.1) is 0 Å². The molecule has 26 heavy (non-hydrogen) atoms. The Bertz CT molecular complexity index is 867. The molecule has 134 valence electrons. The number of allylic oxidation sites excluding steroid dienone is 5. The number of nitrogens with two attached hydrogens (primary N) is 1. The van der Waals surface area contributed by atoms with E-state index >= 15 is 0 Å². The van der Waals surface area contributed by atoms with E-state index in [0.717, 1.165) is 11.1 Å². The molecule has 0 aliphatic heterocycles. The predicted molar refractivity (Wildman–Crippen MR) is 112 cm³/mol. The van der Waals surface area contributed by atoms with E-state index in [-0.39, 0.29) is 0 Å². The number of nitrogens with one attached hydrogen (secondary N) is 2. The van der Waals surface area contributed by atoms with E-state index < -0.39 is 6.03 Å². The maximum Gasteiger partial charge on any atom is 0.323 e. The number of carbonyl (C=O) groups is 1. The summed E-state index contributed by atoms with van der Waals surface area (Å²) in [6.07, 6.45) is 5.42. The zero-order valence-electron chi connectivity index (χ0n) is 14.2. The minimum absolute atomic E-state index is 0.406. The lowest BCUT2D eigenvalue weighted by Gasteiger charge is -2.10. The summed E-state index contributed by atoms with van der Waals surface area (Å²) >= 11 is 12.0. The molecule has 2 amide bonds. The Hall–Kier alpha value is -2.69. The lowest BCUT2D eigenvalue weighted by Crippen LogP contribution is -2.19. The Balaban J connectivity index is 2.10. The molecule has 2 aromatic rings. The Labute approximate surface area is 163 Å². The summed E-state index contributed by atoms with van der Waals surface area (Å²) in [4.78, 5) is 12.1. The predicted octanol–water partition coefficient (Wildman–Crippen LogP) is 6.07. The molecule has 0 atom stereocenters. The van der Waals surface area contributed by atoms with Gasteiger partial charge in [0, 0.05) is 16.4 Å². The lowest BCUT2D eigenvalue weighted by atomic mass is 10.0. The van der Waals surface area contributed by atoms with E-state index in [4.69, 9.17) is 28.9 Å². The number of hydrogen-bond acceptors (Lipinski definition) is 2. The van der Waals surface area contributed by atoms with E-state index in [1.54, 1.807) is 36.4 Å². The van der Waals surface area contributed by atoms with Crippen molar-refractivity contribution in [2.24, 2.45) is 5.73 Å². The van der Waals surface area contributed by atoms with Gasteiger partial charge < -0.3 is 16.4 Å². The van der Waals surface area contributed by atoms with Crippen molar-refractivity contribution in [3.05, 3.63) is 88.6 Å². The maximum atomic E-state index is 12.1. The fourth-order valence-corrected chi connectivity index (χ4v) is 2.56. The van der Waals surface area contributed by atoms with Crippen LogP contribution in [0, 0.1) is 0 Å². The van der Waals surface area contributed by atoms with Crippen LogP contribution in [0.5, 0.6) is 0 Å². The molecular weight excluding hydrogens is 369 g/mol. The van der Waals surface area contributed by atoms with Gasteiger partial charge in [0.15, 0.2) is 0 Å². The molecule has 2 rings (SSSR count). The van der Waals surface area contributed by atoms with E-state index in [9.17, 15) is 4.79 Å². The van der Waals surface area contributed by atoms with Gasteiger partial charge in [-0.25, -0.2) is 4.79 Å². The molecule has 0 radical (unpaired) electrons. The molecule has 0 aromatic heterocycles. The molecule has 0 bridgehead atoms. The molecule has 0 saturated heterocycles. The SMILES string of the molecule is C=C/C=C(\C=C(\C)N)c1ccc(NC(=O)Nc2cc(Cl)ccc2Cl)cc1. The van der Waals surface area contributed by atoms with Crippen molar-refractivity contribution in [1.29, 1.82) is 0 Å². The van der Waals surface area contributed by atoms with Gasteiger partial charge in [-0.2, -0.15) is 0 Å². The minimum atomic E-state index is -0.415. The number of carbonyl (C=O) groups excluding carboxylic acids is 1. The first-order valence-electron chi connectivity index (χ1n) is 7.79. The van der Waals surface area contributed by atoms with E-state index in [0.29, 0.717) is 27.1 Å². The monoisotopic (exact) mass is 387 g/mol. The fourth-order valence-electron chi connectivity index (χ4n) is 2.22. The van der Waals surface area contributed by atoms with Crippen LogP contribution in [0.25, 0.3) is 5.57 Å². The summed E-state index contributed by atoms with van der Waals surface area (Å²) in [6.45, 7) is 5.53. The zero-order chi connectivity index (χ0) is 19.1. The molecule has 4 N–H and O–H groups in total. The highest BCUT2D eigenvalue weighted by Gasteiger charge is 2.07. The summed E-state index contributed by atoms with van der Waals surface area (Å²) in [5.74, 6) is 0. The number of rotatable bonds is 5. The number of benzene rings is 2. The van der Waals surface area contributed by atoms with E-state index in [1.165, 1.54) is 0 Å². The van der Waals surface area contributed by atoms with Gasteiger partial charge in [0.25, 0.3) is 0 Å². The number of urea groups is 1. The topological polar surface area (TPSA) is 67.1 Å². The van der Waals surface area contributed by atoms with Crippen molar-refractivity contribution >= 4 is 46.2 Å². The summed E-state index contributed by atoms with van der Waals surface area (Å²) in [7, 11) is 0. The first-order valence-corrected chi connectivity index (χ1v) is 8.54. The Morgan fingerprint density at radius 1 is 1.12 bits per heavy atom. The summed E-state index contributed by atoms with van der Waals surface area (Å²) in [6, 6.07) is 11.8. The van der Waals surface area contributed by atoms with Gasteiger partial charge in [-0.05, 0) is 54.5 Å². The van der Waals surface area contributed by atoms with Crippen LogP contribution in [0.15, 0.2) is 73.0 Å². The van der Waals surface area contributed by atoms with Crippen molar-refractivity contribution in [1.82, 2.24) is 0 Å². The quantitative estimate of drug-likeness (QED) is 0.544. The van der Waals surface area contributed by atoms with Crippen LogP contribution < -0.4 is 16.4 Å². The second-order valence-corrected chi connectivity index (χ2v) is 6.37. The Kier molecular flexibility index (Phi) is 6.89. The van der Waals surface area contributed by atoms with Crippen LogP contribution in [-0.4, -0.2) is 6.03 Å². The highest BCUT2D eigenvalue weighted by atomic mass is 35.5. The number of amides is 2. The fraction of sp³-hybridized carbons (Fsp3) is 0.0500. The first-order chi connectivity index (χ1) is 12.4. The van der Waals surface area contributed by atoms with E-state index in [2.05, 4.69) is 17.2 Å². The third-order valence-corrected chi connectivity index (χ3v) is 3.90. The first kappa shape index (κ1) is 19.6. The average molecular weight is 388 g/mol. The molecule has 6 heteroatoms. The molecule has 0 aliphatic rings. The van der Waals surface area contributed by atoms with Crippen molar-refractivity contribution in [2.45, 2.75) is 6.92 Å². The van der Waals surface area contributed by atoms with Crippen LogP contribution in [0.2, 0.25) is 10.0 Å². The molecule has 2 aromatic carbocycles. The van der Waals surface area contributed by atoms with Crippen LogP contribution in [0.4, 0.5) is 16.2 Å². The van der Waals surface area contributed by atoms with Gasteiger partial charge in [-0.3, -0.25) is 0 Å². The van der Waals surface area contributed by atoms with Crippen molar-refractivity contribution in [3.8, 4) is 0 Å². The highest BCUT2D eigenvalue weighted by Crippen LogP contribution is 2.26. The van der Waals surface area contributed by atoms with Gasteiger partial charge in [0.1, 0.15) is 0 Å². The molecule has 0 unspecified atom stereocenters. The minimum Gasteiger partial charge on any atom is -0.402 e. The molecule has 0 fully saturated rings. The lowest BCUT2D eigenvalue weighted by molar-refractivity contribution is 0.262. The van der Waals surface area contributed by atoms with Crippen LogP contribution in [0.3, 0.4) is 0 Å². The van der Waals surface area contributed by atoms with Crippen LogP contribution in [0.1, 0.15) is 12.5 Å². The molecule has 4 nitrogen and oxygen atoms in total. The number of halogens is 2. The van der Waals surface area contributed by atoms with Crippen molar-refractivity contribution in [3.63, 3.8) is 0 Å². The van der Waals surface area contributed by atoms with Gasteiger partial charge in [0.2, 0.25) is 0 Å². The largest absolute Gasteiger partial charge is 0.402 e. The van der Waals surface area contributed by atoms with Gasteiger partial charge >= 0.3 is 6.03 Å². The standard InChI is InChI=1S/C20H19Cl2N3O/c1-3-4-15(11-13(2)23)14-5-8-17(9-6-14)24-20(26)25-19-12-16(21)7-10-18(19)22/h3-12H,1,23H2,2H3,(H2,24,25,26)/b13-11-,15-4+. The van der Waals surface area contributed by atoms with Crippen LogP contribution >= 0.6 is 23.2 Å². The summed E-state index contributed by atoms with van der Waals surface area (Å²) in [5, 5.41) is 6.30. The molecule has 0 aliphatic carbocycles.